The summed E-state index contributed by atoms with van der Waals surface area (Å²) in [6.45, 7) is 8.34. The van der Waals surface area contributed by atoms with Gasteiger partial charge in [-0.15, -0.1) is 0 Å². The average Bonchev–Trinajstić information content (AvgIpc) is 2.04. The fourth-order valence-electron chi connectivity index (χ4n) is 0.957. The summed E-state index contributed by atoms with van der Waals surface area (Å²) in [4.78, 5) is 11.4. The smallest absolute Gasteiger partial charge is 0.139 e. The molecule has 2 heteroatoms. The molecule has 0 saturated heterocycles. The number of Topliss-reactive ketones (excluding diaryl/α,β-unsaturated/α-hetero) is 1. The van der Waals surface area contributed by atoms with Crippen LogP contribution >= 0.6 is 0 Å². The van der Waals surface area contributed by atoms with Crippen molar-refractivity contribution in [1.82, 2.24) is 0 Å². The molecular weight excluding hydrogens is 150 g/mol. The Bertz CT molecular complexity index is 163. The normalized spacial score (nSPS) is 12.6. The van der Waals surface area contributed by atoms with Gasteiger partial charge in [0, 0.05) is 12.3 Å². The van der Waals surface area contributed by atoms with Gasteiger partial charge in [0.2, 0.25) is 0 Å². The predicted octanol–water partition coefficient (Wildman–Crippen LogP) is 1.90. The maximum atomic E-state index is 11.4. The first-order valence-electron chi connectivity index (χ1n) is 4.51. The number of allylic oxidation sites excluding steroid dienone is 1. The third-order valence-corrected chi connectivity index (χ3v) is 2.07. The molecule has 0 rings (SSSR count). The van der Waals surface area contributed by atoms with Crippen LogP contribution in [0.15, 0.2) is 12.2 Å². The first kappa shape index (κ1) is 11.4. The summed E-state index contributed by atoms with van der Waals surface area (Å²) in [5, 5.41) is 0. The Morgan fingerprint density at radius 3 is 2.58 bits per heavy atom. The Hall–Kier alpha value is -0.630. The molecule has 0 aromatic rings. The van der Waals surface area contributed by atoms with Crippen molar-refractivity contribution in [3.05, 3.63) is 12.2 Å². The van der Waals surface area contributed by atoms with Crippen molar-refractivity contribution in [3.63, 3.8) is 0 Å². The zero-order chi connectivity index (χ0) is 9.56. The number of carbonyl (C=O) groups is 1. The standard InChI is InChI=1S/C10H19NO/c1-4-8(2)7-10(12)9(3)5-6-11/h9H,2,4-7,11H2,1,3H3. The molecule has 0 aliphatic heterocycles. The van der Waals surface area contributed by atoms with Gasteiger partial charge in [0.05, 0.1) is 0 Å². The lowest BCUT2D eigenvalue weighted by molar-refractivity contribution is -0.121. The van der Waals surface area contributed by atoms with Crippen molar-refractivity contribution < 1.29 is 4.79 Å². The molecule has 0 radical (unpaired) electrons. The van der Waals surface area contributed by atoms with E-state index in [9.17, 15) is 4.79 Å². The fourth-order valence-corrected chi connectivity index (χ4v) is 0.957. The van der Waals surface area contributed by atoms with Crippen LogP contribution in [0.1, 0.15) is 33.1 Å². The minimum atomic E-state index is 0.0956. The molecule has 0 amide bonds. The van der Waals surface area contributed by atoms with Crippen molar-refractivity contribution >= 4 is 5.78 Å². The van der Waals surface area contributed by atoms with Crippen molar-refractivity contribution in [2.75, 3.05) is 6.54 Å². The molecule has 0 aliphatic carbocycles. The van der Waals surface area contributed by atoms with E-state index in [0.717, 1.165) is 18.4 Å². The molecule has 0 aromatic heterocycles. The van der Waals surface area contributed by atoms with Crippen LogP contribution in [-0.2, 0) is 4.79 Å². The van der Waals surface area contributed by atoms with Gasteiger partial charge in [-0.25, -0.2) is 0 Å². The second-order valence-electron chi connectivity index (χ2n) is 3.23. The highest BCUT2D eigenvalue weighted by molar-refractivity contribution is 5.82. The van der Waals surface area contributed by atoms with Gasteiger partial charge in [-0.1, -0.05) is 26.0 Å². The molecule has 70 valence electrons. The van der Waals surface area contributed by atoms with Crippen molar-refractivity contribution in [2.24, 2.45) is 11.7 Å². The highest BCUT2D eigenvalue weighted by Gasteiger charge is 2.11. The largest absolute Gasteiger partial charge is 0.330 e. The number of carbonyl (C=O) groups excluding carboxylic acids is 1. The van der Waals surface area contributed by atoms with E-state index in [-0.39, 0.29) is 11.7 Å². The second-order valence-corrected chi connectivity index (χ2v) is 3.23. The van der Waals surface area contributed by atoms with Gasteiger partial charge < -0.3 is 5.73 Å². The van der Waals surface area contributed by atoms with Crippen molar-refractivity contribution in [1.29, 1.82) is 0 Å². The van der Waals surface area contributed by atoms with E-state index in [1.54, 1.807) is 0 Å². The van der Waals surface area contributed by atoms with Gasteiger partial charge >= 0.3 is 0 Å². The summed E-state index contributed by atoms with van der Waals surface area (Å²) in [5.74, 6) is 0.366. The highest BCUT2D eigenvalue weighted by atomic mass is 16.1. The fraction of sp³-hybridized carbons (Fsp3) is 0.700. The number of rotatable bonds is 6. The minimum Gasteiger partial charge on any atom is -0.330 e. The van der Waals surface area contributed by atoms with E-state index in [4.69, 9.17) is 5.73 Å². The first-order chi connectivity index (χ1) is 5.61. The minimum absolute atomic E-state index is 0.0956. The average molecular weight is 169 g/mol. The third-order valence-electron chi connectivity index (χ3n) is 2.07. The lowest BCUT2D eigenvalue weighted by Gasteiger charge is -2.08. The van der Waals surface area contributed by atoms with Crippen LogP contribution < -0.4 is 5.73 Å². The summed E-state index contributed by atoms with van der Waals surface area (Å²) in [5.41, 5.74) is 6.37. The Morgan fingerprint density at radius 2 is 2.17 bits per heavy atom. The Kier molecular flexibility index (Phi) is 5.64. The molecule has 0 heterocycles. The van der Waals surface area contributed by atoms with E-state index in [1.165, 1.54) is 0 Å². The van der Waals surface area contributed by atoms with Crippen LogP contribution in [0.4, 0.5) is 0 Å². The Labute approximate surface area is 74.8 Å². The van der Waals surface area contributed by atoms with Gasteiger partial charge in [-0.05, 0) is 19.4 Å². The van der Waals surface area contributed by atoms with Crippen LogP contribution in [0.3, 0.4) is 0 Å². The Balaban J connectivity index is 3.78. The molecule has 0 aliphatic rings. The number of ketones is 1. The van der Waals surface area contributed by atoms with Crippen LogP contribution in [0.2, 0.25) is 0 Å². The van der Waals surface area contributed by atoms with E-state index >= 15 is 0 Å². The number of hydrogen-bond acceptors (Lipinski definition) is 2. The zero-order valence-electron chi connectivity index (χ0n) is 8.10. The summed E-state index contributed by atoms with van der Waals surface area (Å²) in [6, 6.07) is 0. The number of nitrogens with two attached hydrogens (primary N) is 1. The second kappa shape index (κ2) is 5.95. The topological polar surface area (TPSA) is 43.1 Å². The lowest BCUT2D eigenvalue weighted by Crippen LogP contribution is -2.15. The summed E-state index contributed by atoms with van der Waals surface area (Å²) in [7, 11) is 0. The quantitative estimate of drug-likeness (QED) is 0.617. The van der Waals surface area contributed by atoms with E-state index in [0.29, 0.717) is 13.0 Å². The molecule has 0 aromatic carbocycles. The molecule has 0 bridgehead atoms. The maximum Gasteiger partial charge on any atom is 0.139 e. The first-order valence-corrected chi connectivity index (χ1v) is 4.51. The molecule has 0 spiro atoms. The molecule has 1 unspecified atom stereocenters. The van der Waals surface area contributed by atoms with Crippen LogP contribution in [0.5, 0.6) is 0 Å². The molecule has 12 heavy (non-hydrogen) atoms. The van der Waals surface area contributed by atoms with E-state index < -0.39 is 0 Å². The van der Waals surface area contributed by atoms with Gasteiger partial charge in [-0.3, -0.25) is 4.79 Å². The lowest BCUT2D eigenvalue weighted by atomic mass is 9.96. The van der Waals surface area contributed by atoms with Gasteiger partial charge in [0.1, 0.15) is 5.78 Å². The third kappa shape index (κ3) is 4.29. The molecule has 2 N–H and O–H groups in total. The van der Waals surface area contributed by atoms with Gasteiger partial charge in [-0.2, -0.15) is 0 Å². The maximum absolute atomic E-state index is 11.4. The zero-order valence-corrected chi connectivity index (χ0v) is 8.10. The SMILES string of the molecule is C=C(CC)CC(=O)C(C)CCN. The van der Waals surface area contributed by atoms with E-state index in [2.05, 4.69) is 6.58 Å². The highest BCUT2D eigenvalue weighted by Crippen LogP contribution is 2.11. The van der Waals surface area contributed by atoms with Crippen LogP contribution in [-0.4, -0.2) is 12.3 Å². The van der Waals surface area contributed by atoms with Crippen molar-refractivity contribution in [3.8, 4) is 0 Å². The monoisotopic (exact) mass is 169 g/mol. The Morgan fingerprint density at radius 1 is 1.58 bits per heavy atom. The molecule has 0 saturated carbocycles. The van der Waals surface area contributed by atoms with Crippen LogP contribution in [0.25, 0.3) is 0 Å². The molecule has 1 atom stereocenters. The number of hydrogen-bond donors (Lipinski definition) is 1. The molecular formula is C10H19NO. The van der Waals surface area contributed by atoms with Gasteiger partial charge in [0.15, 0.2) is 0 Å². The summed E-state index contributed by atoms with van der Waals surface area (Å²) < 4.78 is 0. The summed E-state index contributed by atoms with van der Waals surface area (Å²) >= 11 is 0. The van der Waals surface area contributed by atoms with E-state index in [1.807, 2.05) is 13.8 Å². The summed E-state index contributed by atoms with van der Waals surface area (Å²) in [6.07, 6.45) is 2.20. The predicted molar refractivity (Wildman–Crippen MR) is 51.9 cm³/mol. The van der Waals surface area contributed by atoms with Crippen molar-refractivity contribution in [2.45, 2.75) is 33.1 Å². The van der Waals surface area contributed by atoms with Gasteiger partial charge in [0.25, 0.3) is 0 Å². The van der Waals surface area contributed by atoms with Crippen LogP contribution in [0, 0.1) is 5.92 Å². The molecule has 2 nitrogen and oxygen atoms in total. The molecule has 0 fully saturated rings.